The molecule has 0 spiro atoms. The van der Waals surface area contributed by atoms with Gasteiger partial charge in [-0.25, -0.2) is 8.78 Å². The Hall–Kier alpha value is -3.17. The first-order chi connectivity index (χ1) is 12.4. The molecule has 0 bridgehead atoms. The van der Waals surface area contributed by atoms with Crippen molar-refractivity contribution < 1.29 is 8.78 Å². The molecule has 0 fully saturated rings. The molecule has 1 aromatic rings. The van der Waals surface area contributed by atoms with E-state index < -0.39 is 28.9 Å². The first kappa shape index (κ1) is 17.6. The van der Waals surface area contributed by atoms with Crippen LogP contribution in [0.3, 0.4) is 0 Å². The van der Waals surface area contributed by atoms with Gasteiger partial charge in [0.25, 0.3) is 0 Å². The van der Waals surface area contributed by atoms with Gasteiger partial charge in [-0.05, 0) is 41.9 Å². The first-order valence-corrected chi connectivity index (χ1v) is 8.27. The summed E-state index contributed by atoms with van der Waals surface area (Å²) in [5.74, 6) is -2.65. The number of benzene rings is 1. The molecule has 2 N–H and O–H groups in total. The van der Waals surface area contributed by atoms with E-state index in [1.807, 2.05) is 31.2 Å². The topological polar surface area (TPSA) is 97.4 Å². The predicted octanol–water partition coefficient (Wildman–Crippen LogP) is 3.80. The van der Waals surface area contributed by atoms with E-state index in [4.69, 9.17) is 5.73 Å². The lowest BCUT2D eigenvalue weighted by molar-refractivity contribution is 0.278. The average molecular weight is 350 g/mol. The first-order valence-electron chi connectivity index (χ1n) is 8.27. The third-order valence-electron chi connectivity index (χ3n) is 5.41. The summed E-state index contributed by atoms with van der Waals surface area (Å²) >= 11 is 0. The number of hydrogen-bond donors (Lipinski definition) is 1. The van der Waals surface area contributed by atoms with E-state index in [1.165, 1.54) is 6.07 Å². The number of nitriles is 3. The van der Waals surface area contributed by atoms with Crippen LogP contribution in [-0.2, 0) is 0 Å². The van der Waals surface area contributed by atoms with Crippen LogP contribution in [0, 0.1) is 62.9 Å². The van der Waals surface area contributed by atoms with Crippen molar-refractivity contribution in [1.29, 1.82) is 15.8 Å². The Balaban J connectivity index is 2.36. The van der Waals surface area contributed by atoms with Gasteiger partial charge < -0.3 is 5.73 Å². The molecule has 0 saturated carbocycles. The summed E-state index contributed by atoms with van der Waals surface area (Å²) in [6.07, 6.45) is 3.20. The summed E-state index contributed by atoms with van der Waals surface area (Å²) < 4.78 is 28.0. The third-order valence-corrected chi connectivity index (χ3v) is 5.41. The highest BCUT2D eigenvalue weighted by Gasteiger charge is 2.54. The van der Waals surface area contributed by atoms with Crippen molar-refractivity contribution in [3.05, 3.63) is 58.3 Å². The fourth-order valence-corrected chi connectivity index (χ4v) is 4.17. The Kier molecular flexibility index (Phi) is 4.26. The van der Waals surface area contributed by atoms with Gasteiger partial charge in [0.2, 0.25) is 0 Å². The van der Waals surface area contributed by atoms with Crippen LogP contribution in [0.1, 0.15) is 31.2 Å². The molecule has 2 aliphatic rings. The standard InChI is InChI=1S/C20H16F2N4/c1-11-2-4-13-15(6-11)18(14-5-3-12(21)7-17(14)22)20(9-24,10-25)19(26)16(13)8-23/h3-5,7,11,15,18H,2,6,26H2,1H3/t11-,15+,18+/m1/s1. The average Bonchev–Trinajstić information content (AvgIpc) is 2.62. The van der Waals surface area contributed by atoms with Crippen molar-refractivity contribution in [3.8, 4) is 18.2 Å². The number of allylic oxidation sites excluding steroid dienone is 4. The van der Waals surface area contributed by atoms with Gasteiger partial charge in [-0.15, -0.1) is 0 Å². The SMILES string of the molecule is C[C@@H]1CC=C2C(C#N)=C(N)C(C#N)(C#N)[C@@H](c3ccc(F)cc3F)[C@H]2C1. The zero-order valence-corrected chi connectivity index (χ0v) is 14.1. The lowest BCUT2D eigenvalue weighted by atomic mass is 9.56. The van der Waals surface area contributed by atoms with E-state index >= 15 is 0 Å². The van der Waals surface area contributed by atoms with Gasteiger partial charge in [0.15, 0.2) is 5.41 Å². The van der Waals surface area contributed by atoms with Gasteiger partial charge in [-0.3, -0.25) is 0 Å². The van der Waals surface area contributed by atoms with Crippen LogP contribution in [0.15, 0.2) is 41.1 Å². The molecule has 3 atom stereocenters. The second-order valence-corrected chi connectivity index (χ2v) is 6.92. The number of fused-ring (bicyclic) bond motifs is 1. The number of halogens is 2. The van der Waals surface area contributed by atoms with Gasteiger partial charge in [-0.1, -0.05) is 19.1 Å². The van der Waals surface area contributed by atoms with Crippen LogP contribution in [0.2, 0.25) is 0 Å². The summed E-state index contributed by atoms with van der Waals surface area (Å²) in [6, 6.07) is 9.00. The van der Waals surface area contributed by atoms with Crippen LogP contribution in [0.5, 0.6) is 0 Å². The number of rotatable bonds is 1. The summed E-state index contributed by atoms with van der Waals surface area (Å²) in [7, 11) is 0. The Morgan fingerprint density at radius 2 is 1.88 bits per heavy atom. The van der Waals surface area contributed by atoms with Crippen LogP contribution in [0.4, 0.5) is 8.78 Å². The number of hydrogen-bond acceptors (Lipinski definition) is 4. The maximum Gasteiger partial charge on any atom is 0.191 e. The van der Waals surface area contributed by atoms with Gasteiger partial charge >= 0.3 is 0 Å². The minimum absolute atomic E-state index is 0.0689. The normalized spacial score (nSPS) is 26.8. The molecular formula is C20H16F2N4. The van der Waals surface area contributed by atoms with Crippen LogP contribution < -0.4 is 5.73 Å². The Morgan fingerprint density at radius 3 is 2.46 bits per heavy atom. The molecule has 4 nitrogen and oxygen atoms in total. The van der Waals surface area contributed by atoms with E-state index in [0.717, 1.165) is 18.6 Å². The van der Waals surface area contributed by atoms with E-state index in [1.54, 1.807) is 0 Å². The fraction of sp³-hybridized carbons (Fsp3) is 0.350. The second kappa shape index (κ2) is 6.28. The van der Waals surface area contributed by atoms with Gasteiger partial charge in [-0.2, -0.15) is 15.8 Å². The Morgan fingerprint density at radius 1 is 1.19 bits per heavy atom. The fourth-order valence-electron chi connectivity index (χ4n) is 4.17. The largest absolute Gasteiger partial charge is 0.399 e. The van der Waals surface area contributed by atoms with E-state index in [0.29, 0.717) is 12.0 Å². The molecule has 2 aliphatic carbocycles. The maximum absolute atomic E-state index is 14.6. The smallest absolute Gasteiger partial charge is 0.191 e. The predicted molar refractivity (Wildman–Crippen MR) is 89.6 cm³/mol. The highest BCUT2D eigenvalue weighted by Crippen LogP contribution is 2.56. The van der Waals surface area contributed by atoms with Crippen molar-refractivity contribution in [2.75, 3.05) is 0 Å². The van der Waals surface area contributed by atoms with E-state index in [2.05, 4.69) is 0 Å². The van der Waals surface area contributed by atoms with Crippen molar-refractivity contribution in [1.82, 2.24) is 0 Å². The van der Waals surface area contributed by atoms with Crippen molar-refractivity contribution in [3.63, 3.8) is 0 Å². The van der Waals surface area contributed by atoms with Crippen LogP contribution in [0.25, 0.3) is 0 Å². The zero-order chi connectivity index (χ0) is 19.1. The van der Waals surface area contributed by atoms with Crippen molar-refractivity contribution >= 4 is 0 Å². The second-order valence-electron chi connectivity index (χ2n) is 6.92. The van der Waals surface area contributed by atoms with E-state index in [9.17, 15) is 24.6 Å². The van der Waals surface area contributed by atoms with Crippen LogP contribution in [-0.4, -0.2) is 0 Å². The summed E-state index contributed by atoms with van der Waals surface area (Å²) in [5.41, 5.74) is 4.92. The highest BCUT2D eigenvalue weighted by atomic mass is 19.1. The summed E-state index contributed by atoms with van der Waals surface area (Å²) in [4.78, 5) is 0. The summed E-state index contributed by atoms with van der Waals surface area (Å²) in [6.45, 7) is 2.01. The van der Waals surface area contributed by atoms with Crippen molar-refractivity contribution in [2.45, 2.75) is 25.7 Å². The Labute approximate surface area is 150 Å². The quantitative estimate of drug-likeness (QED) is 0.833. The molecule has 0 aliphatic heterocycles. The molecule has 130 valence electrons. The molecule has 0 amide bonds. The minimum Gasteiger partial charge on any atom is -0.399 e. The molecular weight excluding hydrogens is 334 g/mol. The maximum atomic E-state index is 14.6. The molecule has 0 unspecified atom stereocenters. The lowest BCUT2D eigenvalue weighted by Gasteiger charge is -2.44. The molecule has 0 aromatic heterocycles. The van der Waals surface area contributed by atoms with Gasteiger partial charge in [0.05, 0.1) is 23.4 Å². The molecule has 1 aromatic carbocycles. The molecule has 0 radical (unpaired) electrons. The monoisotopic (exact) mass is 350 g/mol. The lowest BCUT2D eigenvalue weighted by Crippen LogP contribution is -2.43. The molecule has 0 heterocycles. The van der Waals surface area contributed by atoms with E-state index in [-0.39, 0.29) is 22.8 Å². The Bertz CT molecular complexity index is 941. The number of nitrogens with zero attached hydrogens (tertiary/aromatic N) is 3. The number of nitrogens with two attached hydrogens (primary N) is 1. The molecule has 6 heteroatoms. The van der Waals surface area contributed by atoms with Crippen molar-refractivity contribution in [2.24, 2.45) is 23.0 Å². The molecule has 0 saturated heterocycles. The molecule has 26 heavy (non-hydrogen) atoms. The van der Waals surface area contributed by atoms with Gasteiger partial charge in [0, 0.05) is 12.0 Å². The minimum atomic E-state index is -1.89. The van der Waals surface area contributed by atoms with Crippen LogP contribution >= 0.6 is 0 Å². The van der Waals surface area contributed by atoms with Gasteiger partial charge in [0.1, 0.15) is 17.7 Å². The molecule has 3 rings (SSSR count). The summed E-state index contributed by atoms with van der Waals surface area (Å²) in [5, 5.41) is 29.3. The zero-order valence-electron chi connectivity index (χ0n) is 14.1. The third kappa shape index (κ3) is 2.37. The highest BCUT2D eigenvalue weighted by molar-refractivity contribution is 5.59.